The second kappa shape index (κ2) is 7.54. The fraction of sp³-hybridized carbons (Fsp3) is 0.571. The second-order valence-electron chi connectivity index (χ2n) is 7.99. The lowest BCUT2D eigenvalue weighted by Crippen LogP contribution is -2.46. The maximum Gasteiger partial charge on any atom is 0.229 e. The van der Waals surface area contributed by atoms with Crippen LogP contribution >= 0.6 is 0 Å². The Morgan fingerprint density at radius 3 is 2.75 bits per heavy atom. The zero-order valence-corrected chi connectivity index (χ0v) is 16.7. The zero-order valence-electron chi connectivity index (χ0n) is 16.7. The van der Waals surface area contributed by atoms with Crippen molar-refractivity contribution in [2.24, 2.45) is 0 Å². The van der Waals surface area contributed by atoms with Crippen LogP contribution in [0.1, 0.15) is 31.9 Å². The van der Waals surface area contributed by atoms with Gasteiger partial charge in [-0.1, -0.05) is 30.7 Å². The van der Waals surface area contributed by atoms with E-state index in [4.69, 9.17) is 9.97 Å². The maximum absolute atomic E-state index is 5.10. The average Bonchev–Trinajstić information content (AvgIpc) is 3.07. The number of allylic oxidation sites excluding steroid dienone is 3. The molecule has 7 nitrogen and oxygen atoms in total. The number of aryl methyl sites for hydroxylation is 1. The molecule has 0 amide bonds. The number of hydrogen-bond donors (Lipinski definition) is 1. The van der Waals surface area contributed by atoms with Crippen LogP contribution in [0.4, 0.5) is 11.8 Å². The van der Waals surface area contributed by atoms with E-state index in [9.17, 15) is 0 Å². The monoisotopic (exact) mass is 379 g/mol. The van der Waals surface area contributed by atoms with Crippen LogP contribution in [-0.4, -0.2) is 70.9 Å². The Morgan fingerprint density at radius 2 is 1.96 bits per heavy atom. The van der Waals surface area contributed by atoms with Crippen LogP contribution in [-0.2, 0) is 6.42 Å². The van der Waals surface area contributed by atoms with E-state index in [1.807, 2.05) is 0 Å². The second-order valence-corrected chi connectivity index (χ2v) is 7.99. The van der Waals surface area contributed by atoms with Crippen molar-refractivity contribution in [3.8, 4) is 0 Å². The minimum Gasteiger partial charge on any atom is -0.352 e. The summed E-state index contributed by atoms with van der Waals surface area (Å²) in [5.74, 6) is 1.90. The first-order chi connectivity index (χ1) is 13.8. The van der Waals surface area contributed by atoms with Crippen LogP contribution in [0.25, 0.3) is 11.0 Å². The predicted octanol–water partition coefficient (Wildman–Crippen LogP) is 2.52. The standard InChI is InChI=1S/C21H29N7/c1-2-26-11-13-27(14-12-26)21-22-19-18-17(24-25-19)9-6-10-28(20(18)23-21)15-16-7-4-3-5-8-16/h3-4,7H,2,5-6,8-15H2,1H3,(H,22,23,24,25). The van der Waals surface area contributed by atoms with Gasteiger partial charge in [0.15, 0.2) is 5.65 Å². The number of piperazine rings is 1. The molecule has 0 spiro atoms. The summed E-state index contributed by atoms with van der Waals surface area (Å²) >= 11 is 0. The van der Waals surface area contributed by atoms with Gasteiger partial charge in [0.2, 0.25) is 5.95 Å². The molecule has 28 heavy (non-hydrogen) atoms. The highest BCUT2D eigenvalue weighted by molar-refractivity contribution is 5.91. The summed E-state index contributed by atoms with van der Waals surface area (Å²) in [5, 5.41) is 8.89. The summed E-state index contributed by atoms with van der Waals surface area (Å²) < 4.78 is 0. The Morgan fingerprint density at radius 1 is 1.07 bits per heavy atom. The predicted molar refractivity (Wildman–Crippen MR) is 113 cm³/mol. The number of hydrogen-bond acceptors (Lipinski definition) is 6. The number of anilines is 2. The van der Waals surface area contributed by atoms with Gasteiger partial charge in [0, 0.05) is 45.0 Å². The van der Waals surface area contributed by atoms with Gasteiger partial charge in [0.05, 0.1) is 5.39 Å². The molecule has 1 aliphatic carbocycles. The molecule has 2 aromatic rings. The number of aromatic nitrogens is 4. The Balaban J connectivity index is 1.50. The van der Waals surface area contributed by atoms with E-state index in [1.54, 1.807) is 0 Å². The van der Waals surface area contributed by atoms with E-state index in [-0.39, 0.29) is 0 Å². The third kappa shape index (κ3) is 3.28. The number of H-pyrrole nitrogens is 1. The Kier molecular flexibility index (Phi) is 4.76. The molecule has 0 unspecified atom stereocenters. The van der Waals surface area contributed by atoms with Gasteiger partial charge in [0.1, 0.15) is 5.82 Å². The fourth-order valence-electron chi connectivity index (χ4n) is 4.50. The molecule has 1 N–H and O–H groups in total. The van der Waals surface area contributed by atoms with Crippen LogP contribution in [0, 0.1) is 0 Å². The highest BCUT2D eigenvalue weighted by Crippen LogP contribution is 2.32. The van der Waals surface area contributed by atoms with Crippen LogP contribution in [0.3, 0.4) is 0 Å². The van der Waals surface area contributed by atoms with Gasteiger partial charge in [-0.25, -0.2) is 0 Å². The summed E-state index contributed by atoms with van der Waals surface area (Å²) in [5.41, 5.74) is 3.49. The molecule has 1 saturated heterocycles. The van der Waals surface area contributed by atoms with Gasteiger partial charge in [-0.2, -0.15) is 15.1 Å². The molecule has 5 rings (SSSR count). The van der Waals surface area contributed by atoms with Crippen molar-refractivity contribution in [2.45, 2.75) is 32.6 Å². The van der Waals surface area contributed by atoms with Crippen molar-refractivity contribution in [2.75, 3.05) is 55.6 Å². The van der Waals surface area contributed by atoms with Gasteiger partial charge in [-0.15, -0.1) is 0 Å². The number of likely N-dealkylation sites (N-methyl/N-ethyl adjacent to an activating group) is 1. The molecule has 0 atom stereocenters. The lowest BCUT2D eigenvalue weighted by Gasteiger charge is -2.34. The topological polar surface area (TPSA) is 64.2 Å². The van der Waals surface area contributed by atoms with Gasteiger partial charge >= 0.3 is 0 Å². The zero-order chi connectivity index (χ0) is 18.9. The SMILES string of the molecule is CCN1CCN(c2nc3c4c([nH]nc4n2)CCCN3CC2=CC=CCC2)CC1. The van der Waals surface area contributed by atoms with E-state index in [2.05, 4.69) is 50.0 Å². The normalized spacial score (nSPS) is 20.5. The highest BCUT2D eigenvalue weighted by Gasteiger charge is 2.26. The van der Waals surface area contributed by atoms with Gasteiger partial charge in [0.25, 0.3) is 0 Å². The Labute approximate surface area is 166 Å². The summed E-state index contributed by atoms with van der Waals surface area (Å²) in [6, 6.07) is 0. The van der Waals surface area contributed by atoms with Gasteiger partial charge in [-0.3, -0.25) is 5.10 Å². The largest absolute Gasteiger partial charge is 0.352 e. The first-order valence-corrected chi connectivity index (χ1v) is 10.6. The molecule has 148 valence electrons. The lowest BCUT2D eigenvalue weighted by atomic mass is 10.0. The molecular formula is C21H29N7. The average molecular weight is 380 g/mol. The van der Waals surface area contributed by atoms with Crippen molar-refractivity contribution in [1.29, 1.82) is 0 Å². The number of nitrogens with zero attached hydrogens (tertiary/aromatic N) is 6. The van der Waals surface area contributed by atoms with E-state index in [0.717, 1.165) is 94.3 Å². The third-order valence-corrected chi connectivity index (χ3v) is 6.21. The van der Waals surface area contributed by atoms with Crippen LogP contribution in [0.15, 0.2) is 23.8 Å². The van der Waals surface area contributed by atoms with E-state index in [0.29, 0.717) is 0 Å². The number of nitrogens with one attached hydrogen (secondary N) is 1. The van der Waals surface area contributed by atoms with Crippen molar-refractivity contribution in [3.05, 3.63) is 29.5 Å². The lowest BCUT2D eigenvalue weighted by molar-refractivity contribution is 0.270. The van der Waals surface area contributed by atoms with E-state index >= 15 is 0 Å². The van der Waals surface area contributed by atoms with Crippen molar-refractivity contribution >= 4 is 22.8 Å². The highest BCUT2D eigenvalue weighted by atomic mass is 15.3. The van der Waals surface area contributed by atoms with Crippen LogP contribution in [0.5, 0.6) is 0 Å². The van der Waals surface area contributed by atoms with Crippen molar-refractivity contribution in [3.63, 3.8) is 0 Å². The molecule has 1 fully saturated rings. The molecule has 2 aliphatic heterocycles. The number of rotatable bonds is 4. The number of aromatic amines is 1. The maximum atomic E-state index is 5.10. The Hall–Kier alpha value is -2.41. The first-order valence-electron chi connectivity index (χ1n) is 10.6. The van der Waals surface area contributed by atoms with Crippen LogP contribution < -0.4 is 9.80 Å². The van der Waals surface area contributed by atoms with Crippen molar-refractivity contribution in [1.82, 2.24) is 25.1 Å². The fourth-order valence-corrected chi connectivity index (χ4v) is 4.50. The van der Waals surface area contributed by atoms with E-state index in [1.165, 1.54) is 11.3 Å². The molecule has 0 aromatic carbocycles. The Bertz CT molecular complexity index is 905. The van der Waals surface area contributed by atoms with E-state index < -0.39 is 0 Å². The first kappa shape index (κ1) is 17.7. The third-order valence-electron chi connectivity index (χ3n) is 6.21. The van der Waals surface area contributed by atoms with Gasteiger partial charge in [-0.05, 0) is 32.2 Å². The van der Waals surface area contributed by atoms with Crippen LogP contribution in [0.2, 0.25) is 0 Å². The minimum atomic E-state index is 0.817. The summed E-state index contributed by atoms with van der Waals surface area (Å²) in [6.07, 6.45) is 11.1. The smallest absolute Gasteiger partial charge is 0.229 e. The summed E-state index contributed by atoms with van der Waals surface area (Å²) in [7, 11) is 0. The molecule has 4 heterocycles. The molecule has 0 radical (unpaired) electrons. The minimum absolute atomic E-state index is 0.817. The molecular weight excluding hydrogens is 350 g/mol. The molecule has 3 aliphatic rings. The molecule has 0 saturated carbocycles. The summed E-state index contributed by atoms with van der Waals surface area (Å²) in [6.45, 7) is 9.41. The molecule has 0 bridgehead atoms. The molecule has 7 heteroatoms. The quantitative estimate of drug-likeness (QED) is 0.881. The van der Waals surface area contributed by atoms with Crippen molar-refractivity contribution < 1.29 is 0 Å². The van der Waals surface area contributed by atoms with Gasteiger partial charge < -0.3 is 14.7 Å². The summed E-state index contributed by atoms with van der Waals surface area (Å²) in [4.78, 5) is 17.2. The molecule has 2 aromatic heterocycles.